The molecule has 0 saturated carbocycles. The van der Waals surface area contributed by atoms with Gasteiger partial charge in [0.1, 0.15) is 11.8 Å². The molecule has 1 saturated heterocycles. The Morgan fingerprint density at radius 2 is 2.00 bits per heavy atom. The molecule has 106 valence electrons. The minimum absolute atomic E-state index is 0.199. The molecule has 0 aromatic carbocycles. The molecule has 2 heterocycles. The van der Waals surface area contributed by atoms with Crippen LogP contribution < -0.4 is 0 Å². The van der Waals surface area contributed by atoms with Gasteiger partial charge in [-0.25, -0.2) is 0 Å². The van der Waals surface area contributed by atoms with Crippen LogP contribution in [-0.2, 0) is 18.4 Å². The molecular formula is C12H19ClN4O2. The van der Waals surface area contributed by atoms with Crippen LogP contribution in [-0.4, -0.2) is 63.4 Å². The van der Waals surface area contributed by atoms with Gasteiger partial charge in [0, 0.05) is 45.3 Å². The van der Waals surface area contributed by atoms with E-state index in [0.717, 1.165) is 30.9 Å². The summed E-state index contributed by atoms with van der Waals surface area (Å²) in [6.45, 7) is 5.17. The molecule has 19 heavy (non-hydrogen) atoms. The van der Waals surface area contributed by atoms with Gasteiger partial charge in [0.15, 0.2) is 0 Å². The Morgan fingerprint density at radius 1 is 1.37 bits per heavy atom. The van der Waals surface area contributed by atoms with E-state index in [4.69, 9.17) is 16.7 Å². The summed E-state index contributed by atoms with van der Waals surface area (Å²) in [5, 5.41) is 13.8. The van der Waals surface area contributed by atoms with Crippen molar-refractivity contribution in [2.75, 3.05) is 32.8 Å². The Balaban J connectivity index is 1.94. The van der Waals surface area contributed by atoms with Gasteiger partial charge in [-0.05, 0) is 6.92 Å². The molecule has 1 aromatic heterocycles. The Morgan fingerprint density at radius 3 is 2.47 bits per heavy atom. The molecule has 2 rings (SSSR count). The van der Waals surface area contributed by atoms with Crippen LogP contribution in [0.25, 0.3) is 0 Å². The number of halogens is 1. The summed E-state index contributed by atoms with van der Waals surface area (Å²) < 4.78 is 1.68. The molecule has 0 unspecified atom stereocenters. The lowest BCUT2D eigenvalue weighted by Gasteiger charge is -2.34. The molecule has 1 N–H and O–H groups in total. The minimum atomic E-state index is -0.409. The summed E-state index contributed by atoms with van der Waals surface area (Å²) in [7, 11) is 1.83. The van der Waals surface area contributed by atoms with Gasteiger partial charge < -0.3 is 10.0 Å². The summed E-state index contributed by atoms with van der Waals surface area (Å²) >= 11 is 6.21. The Hall–Kier alpha value is -1.11. The number of aryl methyl sites for hydroxylation is 2. The van der Waals surface area contributed by atoms with Crippen LogP contribution >= 0.6 is 11.6 Å². The Kier molecular flexibility index (Phi) is 4.44. The quantitative estimate of drug-likeness (QED) is 0.851. The molecule has 6 nitrogen and oxygen atoms in total. The zero-order valence-electron chi connectivity index (χ0n) is 11.3. The van der Waals surface area contributed by atoms with Crippen LogP contribution in [0.2, 0.25) is 5.15 Å². The van der Waals surface area contributed by atoms with Crippen LogP contribution in [0.5, 0.6) is 0 Å². The SMILES string of the molecule is Cc1nn(C)c(Cl)c1CN1CCN(C(=O)CO)CC1. The number of hydrogen-bond donors (Lipinski definition) is 1. The molecule has 1 aromatic rings. The number of rotatable bonds is 3. The molecule has 0 aliphatic carbocycles. The molecule has 1 aliphatic rings. The first-order valence-electron chi connectivity index (χ1n) is 6.32. The van der Waals surface area contributed by atoms with Gasteiger partial charge in [-0.1, -0.05) is 11.6 Å². The predicted octanol–water partition coefficient (Wildman–Crippen LogP) is 0.0184. The summed E-state index contributed by atoms with van der Waals surface area (Å²) in [4.78, 5) is 15.3. The first-order chi connectivity index (χ1) is 9.02. The number of aliphatic hydroxyl groups excluding tert-OH is 1. The third-order valence-electron chi connectivity index (χ3n) is 3.51. The van der Waals surface area contributed by atoms with E-state index in [-0.39, 0.29) is 5.91 Å². The van der Waals surface area contributed by atoms with E-state index in [0.29, 0.717) is 18.2 Å². The first-order valence-corrected chi connectivity index (χ1v) is 6.69. The van der Waals surface area contributed by atoms with Crippen molar-refractivity contribution in [1.29, 1.82) is 0 Å². The van der Waals surface area contributed by atoms with E-state index < -0.39 is 6.61 Å². The molecule has 0 radical (unpaired) electrons. The second-order valence-corrected chi connectivity index (χ2v) is 5.15. The second kappa shape index (κ2) is 5.90. The standard InChI is InChI=1S/C12H19ClN4O2/c1-9-10(12(13)15(2)14-9)7-16-3-5-17(6-4-16)11(19)8-18/h18H,3-8H2,1-2H3. The van der Waals surface area contributed by atoms with Crippen molar-refractivity contribution in [3.05, 3.63) is 16.4 Å². The number of nitrogens with zero attached hydrogens (tertiary/aromatic N) is 4. The van der Waals surface area contributed by atoms with Gasteiger partial charge in [-0.15, -0.1) is 0 Å². The van der Waals surface area contributed by atoms with Crippen LogP contribution in [0.4, 0.5) is 0 Å². The normalized spacial score (nSPS) is 16.9. The highest BCUT2D eigenvalue weighted by Crippen LogP contribution is 2.21. The number of aromatic nitrogens is 2. The Bertz CT molecular complexity index is 467. The van der Waals surface area contributed by atoms with Crippen molar-refractivity contribution in [3.8, 4) is 0 Å². The zero-order valence-corrected chi connectivity index (χ0v) is 12.0. The molecule has 0 spiro atoms. The zero-order chi connectivity index (χ0) is 14.0. The van der Waals surface area contributed by atoms with Crippen LogP contribution in [0, 0.1) is 6.92 Å². The molecule has 0 bridgehead atoms. The van der Waals surface area contributed by atoms with Gasteiger partial charge in [0.25, 0.3) is 0 Å². The van der Waals surface area contributed by atoms with Gasteiger partial charge in [0.2, 0.25) is 5.91 Å². The monoisotopic (exact) mass is 286 g/mol. The highest BCUT2D eigenvalue weighted by molar-refractivity contribution is 6.30. The Labute approximate surface area is 117 Å². The lowest BCUT2D eigenvalue weighted by atomic mass is 10.2. The van der Waals surface area contributed by atoms with Gasteiger partial charge in [-0.3, -0.25) is 14.4 Å². The van der Waals surface area contributed by atoms with E-state index in [1.807, 2.05) is 14.0 Å². The van der Waals surface area contributed by atoms with E-state index >= 15 is 0 Å². The van der Waals surface area contributed by atoms with Crippen molar-refractivity contribution in [2.24, 2.45) is 7.05 Å². The predicted molar refractivity (Wildman–Crippen MR) is 71.9 cm³/mol. The van der Waals surface area contributed by atoms with Gasteiger partial charge in [0.05, 0.1) is 5.69 Å². The average molecular weight is 287 g/mol. The van der Waals surface area contributed by atoms with E-state index in [2.05, 4.69) is 10.00 Å². The number of carbonyl (C=O) groups is 1. The number of amides is 1. The lowest BCUT2D eigenvalue weighted by molar-refractivity contribution is -0.135. The van der Waals surface area contributed by atoms with Crippen molar-refractivity contribution in [3.63, 3.8) is 0 Å². The maximum atomic E-state index is 11.4. The smallest absolute Gasteiger partial charge is 0.248 e. The highest BCUT2D eigenvalue weighted by Gasteiger charge is 2.22. The molecular weight excluding hydrogens is 268 g/mol. The van der Waals surface area contributed by atoms with Crippen molar-refractivity contribution in [2.45, 2.75) is 13.5 Å². The molecule has 0 atom stereocenters. The van der Waals surface area contributed by atoms with Crippen molar-refractivity contribution >= 4 is 17.5 Å². The maximum absolute atomic E-state index is 11.4. The number of aliphatic hydroxyl groups is 1. The van der Waals surface area contributed by atoms with E-state index in [1.54, 1.807) is 9.58 Å². The lowest BCUT2D eigenvalue weighted by Crippen LogP contribution is -2.49. The largest absolute Gasteiger partial charge is 0.387 e. The topological polar surface area (TPSA) is 61.6 Å². The fraction of sp³-hybridized carbons (Fsp3) is 0.667. The van der Waals surface area contributed by atoms with Crippen molar-refractivity contribution < 1.29 is 9.90 Å². The number of carbonyl (C=O) groups excluding carboxylic acids is 1. The molecule has 7 heteroatoms. The summed E-state index contributed by atoms with van der Waals surface area (Å²) in [5.74, 6) is -0.199. The fourth-order valence-corrected chi connectivity index (χ4v) is 2.57. The average Bonchev–Trinajstić information content (AvgIpc) is 2.65. The van der Waals surface area contributed by atoms with Crippen LogP contribution in [0.3, 0.4) is 0 Å². The van der Waals surface area contributed by atoms with Crippen LogP contribution in [0.15, 0.2) is 0 Å². The van der Waals surface area contributed by atoms with Crippen LogP contribution in [0.1, 0.15) is 11.3 Å². The molecule has 1 fully saturated rings. The summed E-state index contributed by atoms with van der Waals surface area (Å²) in [6.07, 6.45) is 0. The maximum Gasteiger partial charge on any atom is 0.248 e. The third kappa shape index (κ3) is 3.08. The highest BCUT2D eigenvalue weighted by atomic mass is 35.5. The second-order valence-electron chi connectivity index (χ2n) is 4.79. The number of hydrogen-bond acceptors (Lipinski definition) is 4. The van der Waals surface area contributed by atoms with Crippen molar-refractivity contribution in [1.82, 2.24) is 19.6 Å². The molecule has 1 amide bonds. The summed E-state index contributed by atoms with van der Waals surface area (Å²) in [6, 6.07) is 0. The first kappa shape index (κ1) is 14.3. The fourth-order valence-electron chi connectivity index (χ4n) is 2.33. The minimum Gasteiger partial charge on any atom is -0.387 e. The third-order valence-corrected chi connectivity index (χ3v) is 3.98. The van der Waals surface area contributed by atoms with Gasteiger partial charge >= 0.3 is 0 Å². The van der Waals surface area contributed by atoms with Gasteiger partial charge in [-0.2, -0.15) is 5.10 Å². The molecule has 1 aliphatic heterocycles. The number of piperazine rings is 1. The van der Waals surface area contributed by atoms with E-state index in [1.165, 1.54) is 0 Å². The summed E-state index contributed by atoms with van der Waals surface area (Å²) in [5.41, 5.74) is 1.99. The van der Waals surface area contributed by atoms with E-state index in [9.17, 15) is 4.79 Å².